The molecule has 0 bridgehead atoms. The molecule has 0 unspecified atom stereocenters. The molecule has 1 aliphatic carbocycles. The third-order valence-electron chi connectivity index (χ3n) is 8.30. The molecule has 3 fully saturated rings. The maximum absolute atomic E-state index is 13.7. The van der Waals surface area contributed by atoms with Crippen molar-refractivity contribution >= 4 is 23.4 Å². The second-order valence-electron chi connectivity index (χ2n) is 11.5. The van der Waals surface area contributed by atoms with Gasteiger partial charge in [0.25, 0.3) is 0 Å². The summed E-state index contributed by atoms with van der Waals surface area (Å²) in [4.78, 5) is 52.7. The van der Waals surface area contributed by atoms with E-state index in [2.05, 4.69) is 10.6 Å². The van der Waals surface area contributed by atoms with Crippen molar-refractivity contribution in [3.63, 3.8) is 0 Å². The molecule has 214 valence electrons. The molecule has 2 N–H and O–H groups in total. The molecule has 1 aromatic rings. The van der Waals surface area contributed by atoms with Gasteiger partial charge in [0.05, 0.1) is 25.8 Å². The van der Waals surface area contributed by atoms with Gasteiger partial charge < -0.3 is 24.8 Å². The summed E-state index contributed by atoms with van der Waals surface area (Å²) in [5, 5.41) is 5.76. The standard InChI is InChI=1S/C30H42N2O7/c1-19(31-29(36)26-9-6-14-38-26)25(33)17-22(15-21-10-12-23(37-3)13-11-21)28(35)32-24(16-20-7-4-5-8-20)27(34)30(2)18-39-30/h10-13,19-20,22,24,26H,4-9,14-18H2,1-3H3,(H,31,36)(H,32,35)/t19-,22-,24+,26-,30-/m1/s1. The van der Waals surface area contributed by atoms with Gasteiger partial charge in [-0.05, 0) is 63.1 Å². The molecule has 3 aliphatic rings. The zero-order valence-corrected chi connectivity index (χ0v) is 23.3. The molecular weight excluding hydrogens is 500 g/mol. The van der Waals surface area contributed by atoms with E-state index in [0.29, 0.717) is 44.1 Å². The number of epoxide rings is 1. The largest absolute Gasteiger partial charge is 0.497 e. The number of benzene rings is 1. The van der Waals surface area contributed by atoms with Gasteiger partial charge in [0, 0.05) is 18.9 Å². The fourth-order valence-electron chi connectivity index (χ4n) is 5.61. The van der Waals surface area contributed by atoms with Crippen LogP contribution in [0.1, 0.15) is 70.8 Å². The maximum Gasteiger partial charge on any atom is 0.249 e. The van der Waals surface area contributed by atoms with Crippen LogP contribution in [-0.2, 0) is 35.1 Å². The third-order valence-corrected chi connectivity index (χ3v) is 8.30. The van der Waals surface area contributed by atoms with Gasteiger partial charge in [0.1, 0.15) is 17.5 Å². The van der Waals surface area contributed by atoms with Crippen molar-refractivity contribution < 1.29 is 33.4 Å². The van der Waals surface area contributed by atoms with Crippen molar-refractivity contribution in [2.24, 2.45) is 11.8 Å². The molecule has 2 heterocycles. The van der Waals surface area contributed by atoms with Gasteiger partial charge >= 0.3 is 0 Å². The van der Waals surface area contributed by atoms with Crippen LogP contribution in [0.15, 0.2) is 24.3 Å². The van der Waals surface area contributed by atoms with Crippen LogP contribution in [0.3, 0.4) is 0 Å². The second kappa shape index (κ2) is 13.0. The first-order chi connectivity index (χ1) is 18.7. The second-order valence-corrected chi connectivity index (χ2v) is 11.5. The average molecular weight is 543 g/mol. The van der Waals surface area contributed by atoms with Crippen molar-refractivity contribution in [1.82, 2.24) is 10.6 Å². The Morgan fingerprint density at radius 1 is 1.05 bits per heavy atom. The van der Waals surface area contributed by atoms with E-state index < -0.39 is 29.7 Å². The lowest BCUT2D eigenvalue weighted by Gasteiger charge is -2.26. The molecule has 0 aromatic heterocycles. The number of amides is 2. The van der Waals surface area contributed by atoms with Crippen LogP contribution in [0.5, 0.6) is 5.75 Å². The number of hydrogen-bond acceptors (Lipinski definition) is 7. The summed E-state index contributed by atoms with van der Waals surface area (Å²) >= 11 is 0. The van der Waals surface area contributed by atoms with Crippen LogP contribution in [-0.4, -0.2) is 67.5 Å². The summed E-state index contributed by atoms with van der Waals surface area (Å²) < 4.78 is 16.1. The highest BCUT2D eigenvalue weighted by Gasteiger charge is 2.50. The molecule has 2 amide bonds. The highest BCUT2D eigenvalue weighted by Crippen LogP contribution is 2.34. The van der Waals surface area contributed by atoms with E-state index in [0.717, 1.165) is 37.7 Å². The normalized spacial score (nSPS) is 24.9. The average Bonchev–Trinajstić information content (AvgIpc) is 3.32. The molecule has 9 heteroatoms. The molecule has 1 aromatic carbocycles. The predicted octanol–water partition coefficient (Wildman–Crippen LogP) is 2.92. The number of ketones is 2. The number of ether oxygens (including phenoxy) is 3. The number of nitrogens with one attached hydrogen (secondary N) is 2. The van der Waals surface area contributed by atoms with E-state index >= 15 is 0 Å². The van der Waals surface area contributed by atoms with Crippen LogP contribution in [0.4, 0.5) is 0 Å². The Balaban J connectivity index is 1.46. The van der Waals surface area contributed by atoms with Gasteiger partial charge in [0.15, 0.2) is 11.6 Å². The Morgan fingerprint density at radius 2 is 1.74 bits per heavy atom. The Kier molecular flexibility index (Phi) is 9.77. The SMILES string of the molecule is COc1ccc(C[C@H](CC(=O)[C@@H](C)NC(=O)[C@H]2CCCO2)C(=O)N[C@@H](CC2CCCC2)C(=O)[C@@]2(C)CO2)cc1. The highest BCUT2D eigenvalue weighted by molar-refractivity contribution is 5.98. The molecule has 2 aliphatic heterocycles. The molecule has 4 rings (SSSR count). The highest BCUT2D eigenvalue weighted by atomic mass is 16.6. The summed E-state index contributed by atoms with van der Waals surface area (Å²) in [5.74, 6) is -0.611. The Hall–Kier alpha value is -2.78. The monoisotopic (exact) mass is 542 g/mol. The first kappa shape index (κ1) is 29.2. The van der Waals surface area contributed by atoms with Gasteiger partial charge in [0.2, 0.25) is 11.8 Å². The van der Waals surface area contributed by atoms with Crippen molar-refractivity contribution in [3.8, 4) is 5.75 Å². The summed E-state index contributed by atoms with van der Waals surface area (Å²) in [6.07, 6.45) is 6.11. The first-order valence-corrected chi connectivity index (χ1v) is 14.2. The van der Waals surface area contributed by atoms with E-state index in [-0.39, 0.29) is 29.8 Å². The first-order valence-electron chi connectivity index (χ1n) is 14.2. The van der Waals surface area contributed by atoms with Crippen LogP contribution >= 0.6 is 0 Å². The fourth-order valence-corrected chi connectivity index (χ4v) is 5.61. The van der Waals surface area contributed by atoms with Gasteiger partial charge in [-0.2, -0.15) is 0 Å². The van der Waals surface area contributed by atoms with E-state index in [4.69, 9.17) is 14.2 Å². The lowest BCUT2D eigenvalue weighted by molar-refractivity contribution is -0.136. The van der Waals surface area contributed by atoms with E-state index in [1.807, 2.05) is 24.3 Å². The number of Topliss-reactive ketones (excluding diaryl/α,β-unsaturated/α-hetero) is 2. The Labute approximate surface area is 230 Å². The molecule has 5 atom stereocenters. The molecular formula is C30H42N2O7. The summed E-state index contributed by atoms with van der Waals surface area (Å²) in [7, 11) is 1.59. The summed E-state index contributed by atoms with van der Waals surface area (Å²) in [6, 6.07) is 5.95. The molecule has 0 radical (unpaired) electrons. The molecule has 1 saturated carbocycles. The summed E-state index contributed by atoms with van der Waals surface area (Å²) in [5.41, 5.74) is 0.0230. The number of methoxy groups -OCH3 is 1. The third kappa shape index (κ3) is 7.88. The minimum Gasteiger partial charge on any atom is -0.497 e. The Morgan fingerprint density at radius 3 is 2.33 bits per heavy atom. The Bertz CT molecular complexity index is 1020. The lowest BCUT2D eigenvalue weighted by atomic mass is 9.88. The van der Waals surface area contributed by atoms with Crippen LogP contribution in [0.2, 0.25) is 0 Å². The van der Waals surface area contributed by atoms with E-state index in [1.54, 1.807) is 21.0 Å². The van der Waals surface area contributed by atoms with Gasteiger partial charge in [-0.3, -0.25) is 19.2 Å². The topological polar surface area (TPSA) is 123 Å². The van der Waals surface area contributed by atoms with Gasteiger partial charge in [-0.25, -0.2) is 0 Å². The molecule has 2 saturated heterocycles. The maximum atomic E-state index is 13.7. The number of rotatable bonds is 14. The number of hydrogen-bond donors (Lipinski definition) is 2. The van der Waals surface area contributed by atoms with Crippen LogP contribution in [0, 0.1) is 11.8 Å². The zero-order chi connectivity index (χ0) is 28.0. The van der Waals surface area contributed by atoms with E-state index in [1.165, 1.54) is 0 Å². The molecule has 39 heavy (non-hydrogen) atoms. The van der Waals surface area contributed by atoms with Crippen molar-refractivity contribution in [2.45, 2.75) is 95.4 Å². The van der Waals surface area contributed by atoms with Crippen molar-refractivity contribution in [2.75, 3.05) is 20.3 Å². The zero-order valence-electron chi connectivity index (χ0n) is 23.3. The lowest BCUT2D eigenvalue weighted by Crippen LogP contribution is -2.50. The quantitative estimate of drug-likeness (QED) is 0.347. The minimum absolute atomic E-state index is 0.0665. The number of carbonyl (C=O) groups is 4. The van der Waals surface area contributed by atoms with Gasteiger partial charge in [-0.1, -0.05) is 37.8 Å². The molecule has 0 spiro atoms. The van der Waals surface area contributed by atoms with Gasteiger partial charge in [-0.15, -0.1) is 0 Å². The van der Waals surface area contributed by atoms with Crippen LogP contribution < -0.4 is 15.4 Å². The van der Waals surface area contributed by atoms with Crippen LogP contribution in [0.25, 0.3) is 0 Å². The minimum atomic E-state index is -0.848. The van der Waals surface area contributed by atoms with Crippen molar-refractivity contribution in [3.05, 3.63) is 29.8 Å². The summed E-state index contributed by atoms with van der Waals surface area (Å²) in [6.45, 7) is 4.29. The van der Waals surface area contributed by atoms with Crippen molar-refractivity contribution in [1.29, 1.82) is 0 Å². The predicted molar refractivity (Wildman–Crippen MR) is 144 cm³/mol. The number of carbonyl (C=O) groups excluding carboxylic acids is 4. The fraction of sp³-hybridized carbons (Fsp3) is 0.667. The molecule has 9 nitrogen and oxygen atoms in total. The smallest absolute Gasteiger partial charge is 0.249 e. The van der Waals surface area contributed by atoms with E-state index in [9.17, 15) is 19.2 Å².